The fourth-order valence-corrected chi connectivity index (χ4v) is 0.858. The lowest BCUT2D eigenvalue weighted by Gasteiger charge is -2.19. The summed E-state index contributed by atoms with van der Waals surface area (Å²) in [6.07, 6.45) is 0.894. The number of hydrogen-bond acceptors (Lipinski definition) is 3. The van der Waals surface area contributed by atoms with Crippen LogP contribution < -0.4 is 5.32 Å². The van der Waals surface area contributed by atoms with Gasteiger partial charge in [-0.05, 0) is 26.7 Å². The van der Waals surface area contributed by atoms with Gasteiger partial charge in [0.1, 0.15) is 6.04 Å². The lowest BCUT2D eigenvalue weighted by Crippen LogP contribution is -2.37. The number of carbonyl (C=O) groups excluding carboxylic acids is 1. The summed E-state index contributed by atoms with van der Waals surface area (Å²) < 4.78 is 0. The van der Waals surface area contributed by atoms with Crippen molar-refractivity contribution in [1.82, 2.24) is 5.32 Å². The largest absolute Gasteiger partial charge is 0.480 e. The van der Waals surface area contributed by atoms with Gasteiger partial charge in [0, 0.05) is 0 Å². The lowest BCUT2D eigenvalue weighted by atomic mass is 9.99. The molecule has 0 aromatic carbocycles. The normalized spacial score (nSPS) is 13.5. The summed E-state index contributed by atoms with van der Waals surface area (Å²) in [5, 5.41) is 20.1. The van der Waals surface area contributed by atoms with Gasteiger partial charge in [-0.2, -0.15) is 0 Å². The summed E-state index contributed by atoms with van der Waals surface area (Å²) in [5.74, 6) is -1.09. The number of nitrogens with one attached hydrogen (secondary N) is 1. The van der Waals surface area contributed by atoms with E-state index in [-0.39, 0.29) is 6.42 Å². The molecular formula is C8H15NO4. The van der Waals surface area contributed by atoms with Gasteiger partial charge in [-0.25, -0.2) is 4.79 Å². The van der Waals surface area contributed by atoms with Crippen molar-refractivity contribution < 1.29 is 19.8 Å². The van der Waals surface area contributed by atoms with E-state index in [4.69, 9.17) is 5.11 Å². The Hall–Kier alpha value is -1.10. The minimum absolute atomic E-state index is 0.220. The summed E-state index contributed by atoms with van der Waals surface area (Å²) in [6.45, 7) is 3.18. The van der Waals surface area contributed by atoms with E-state index in [1.54, 1.807) is 13.8 Å². The Morgan fingerprint density at radius 2 is 2.15 bits per heavy atom. The van der Waals surface area contributed by atoms with Crippen molar-refractivity contribution in [2.24, 2.45) is 0 Å². The molecule has 5 nitrogen and oxygen atoms in total. The third kappa shape index (κ3) is 6.10. The molecule has 1 unspecified atom stereocenters. The van der Waals surface area contributed by atoms with Gasteiger partial charge in [-0.15, -0.1) is 0 Å². The van der Waals surface area contributed by atoms with Gasteiger partial charge < -0.3 is 15.5 Å². The van der Waals surface area contributed by atoms with Gasteiger partial charge in [-0.3, -0.25) is 4.79 Å². The quantitative estimate of drug-likeness (QED) is 0.502. The second kappa shape index (κ2) is 4.81. The number of aliphatic hydroxyl groups is 1. The minimum Gasteiger partial charge on any atom is -0.480 e. The SMILES string of the molecule is CC(C)(O)CCC(NC=O)C(=O)O. The van der Waals surface area contributed by atoms with Crippen LogP contribution in [-0.2, 0) is 9.59 Å². The summed E-state index contributed by atoms with van der Waals surface area (Å²) in [6, 6.07) is -0.913. The molecule has 0 rings (SSSR count). The van der Waals surface area contributed by atoms with Crippen molar-refractivity contribution in [3.63, 3.8) is 0 Å². The van der Waals surface area contributed by atoms with Crippen molar-refractivity contribution >= 4 is 12.4 Å². The van der Waals surface area contributed by atoms with Crippen molar-refractivity contribution in [3.05, 3.63) is 0 Å². The first-order chi connectivity index (χ1) is 5.87. The molecule has 0 heterocycles. The molecule has 0 radical (unpaired) electrons. The molecule has 0 fully saturated rings. The van der Waals surface area contributed by atoms with Crippen LogP contribution in [0.4, 0.5) is 0 Å². The van der Waals surface area contributed by atoms with E-state index in [1.165, 1.54) is 0 Å². The maximum absolute atomic E-state index is 10.5. The Balaban J connectivity index is 3.97. The van der Waals surface area contributed by atoms with E-state index in [1.807, 2.05) is 0 Å². The van der Waals surface area contributed by atoms with Crippen LogP contribution in [0.1, 0.15) is 26.7 Å². The van der Waals surface area contributed by atoms with Crippen molar-refractivity contribution in [1.29, 1.82) is 0 Å². The van der Waals surface area contributed by atoms with Gasteiger partial charge in [0.15, 0.2) is 0 Å². The Labute approximate surface area is 76.8 Å². The van der Waals surface area contributed by atoms with Crippen LogP contribution in [0.25, 0.3) is 0 Å². The fraction of sp³-hybridized carbons (Fsp3) is 0.750. The topological polar surface area (TPSA) is 86.6 Å². The molecule has 0 aromatic heterocycles. The third-order valence-electron chi connectivity index (χ3n) is 1.61. The van der Waals surface area contributed by atoms with Crippen molar-refractivity contribution in [2.45, 2.75) is 38.3 Å². The van der Waals surface area contributed by atoms with Crippen LogP contribution in [-0.4, -0.2) is 34.2 Å². The lowest BCUT2D eigenvalue weighted by molar-refractivity contribution is -0.141. The Bertz CT molecular complexity index is 185. The molecule has 0 spiro atoms. The van der Waals surface area contributed by atoms with Gasteiger partial charge >= 0.3 is 5.97 Å². The Kier molecular flexibility index (Phi) is 4.40. The molecule has 0 aliphatic heterocycles. The molecule has 0 bridgehead atoms. The standard InChI is InChI=1S/C8H15NO4/c1-8(2,13)4-3-6(7(11)12)9-5-10/h5-6,13H,3-4H2,1-2H3,(H,9,10)(H,11,12). The second-order valence-electron chi connectivity index (χ2n) is 3.53. The van der Waals surface area contributed by atoms with E-state index in [0.29, 0.717) is 12.8 Å². The zero-order chi connectivity index (χ0) is 10.5. The van der Waals surface area contributed by atoms with Crippen LogP contribution in [0.2, 0.25) is 0 Å². The minimum atomic E-state index is -1.09. The number of carboxylic acid groups (broad SMARTS) is 1. The number of carboxylic acids is 1. The Morgan fingerprint density at radius 3 is 2.46 bits per heavy atom. The maximum atomic E-state index is 10.5. The van der Waals surface area contributed by atoms with E-state index in [2.05, 4.69) is 5.32 Å². The average Bonchev–Trinajstić information content (AvgIpc) is 1.95. The molecule has 1 atom stereocenters. The van der Waals surface area contributed by atoms with Crippen LogP contribution in [0.5, 0.6) is 0 Å². The summed E-state index contributed by atoms with van der Waals surface area (Å²) in [4.78, 5) is 20.5. The number of carbonyl (C=O) groups is 2. The average molecular weight is 189 g/mol. The van der Waals surface area contributed by atoms with Crippen LogP contribution in [0, 0.1) is 0 Å². The molecule has 0 saturated heterocycles. The summed E-state index contributed by atoms with van der Waals surface area (Å²) >= 11 is 0. The summed E-state index contributed by atoms with van der Waals surface area (Å²) in [5.41, 5.74) is -0.904. The van der Waals surface area contributed by atoms with Gasteiger partial charge in [0.05, 0.1) is 5.60 Å². The second-order valence-corrected chi connectivity index (χ2v) is 3.53. The van der Waals surface area contributed by atoms with Gasteiger partial charge in [-0.1, -0.05) is 0 Å². The van der Waals surface area contributed by atoms with Crippen molar-refractivity contribution in [2.75, 3.05) is 0 Å². The van der Waals surface area contributed by atoms with Crippen LogP contribution in [0.3, 0.4) is 0 Å². The molecule has 0 aromatic rings. The van der Waals surface area contributed by atoms with Gasteiger partial charge in [0.2, 0.25) is 6.41 Å². The summed E-state index contributed by atoms with van der Waals surface area (Å²) in [7, 11) is 0. The van der Waals surface area contributed by atoms with E-state index >= 15 is 0 Å². The highest BCUT2D eigenvalue weighted by Crippen LogP contribution is 2.11. The highest BCUT2D eigenvalue weighted by Gasteiger charge is 2.20. The van der Waals surface area contributed by atoms with Crippen LogP contribution in [0.15, 0.2) is 0 Å². The molecule has 3 N–H and O–H groups in total. The predicted octanol–water partition coefficient (Wildman–Crippen LogP) is -0.263. The first kappa shape index (κ1) is 11.9. The first-order valence-corrected chi connectivity index (χ1v) is 4.01. The molecule has 76 valence electrons. The molecule has 13 heavy (non-hydrogen) atoms. The van der Waals surface area contributed by atoms with Crippen molar-refractivity contribution in [3.8, 4) is 0 Å². The molecular weight excluding hydrogens is 174 g/mol. The zero-order valence-electron chi connectivity index (χ0n) is 7.78. The first-order valence-electron chi connectivity index (χ1n) is 4.01. The fourth-order valence-electron chi connectivity index (χ4n) is 0.858. The maximum Gasteiger partial charge on any atom is 0.326 e. The van der Waals surface area contributed by atoms with E-state index in [0.717, 1.165) is 0 Å². The Morgan fingerprint density at radius 1 is 1.62 bits per heavy atom. The number of amides is 1. The molecule has 5 heteroatoms. The molecule has 0 saturated carbocycles. The zero-order valence-corrected chi connectivity index (χ0v) is 7.78. The molecule has 0 aliphatic carbocycles. The predicted molar refractivity (Wildman–Crippen MR) is 46.2 cm³/mol. The number of aliphatic carboxylic acids is 1. The number of hydrogen-bond donors (Lipinski definition) is 3. The van der Waals surface area contributed by atoms with Gasteiger partial charge in [0.25, 0.3) is 0 Å². The smallest absolute Gasteiger partial charge is 0.326 e. The highest BCUT2D eigenvalue weighted by molar-refractivity contribution is 5.76. The third-order valence-corrected chi connectivity index (χ3v) is 1.61. The molecule has 1 amide bonds. The monoisotopic (exact) mass is 189 g/mol. The van der Waals surface area contributed by atoms with Crippen LogP contribution >= 0.6 is 0 Å². The number of rotatable bonds is 6. The van der Waals surface area contributed by atoms with E-state index < -0.39 is 17.6 Å². The highest BCUT2D eigenvalue weighted by atomic mass is 16.4. The van der Waals surface area contributed by atoms with E-state index in [9.17, 15) is 14.7 Å². The molecule has 0 aliphatic rings.